The standard InChI is InChI=1S/C13H12N2O/c1-10(16)11-5-4-6-12(9-11)15-13-7-2-3-8-14-13/h2-9H,1H3,(H,14,15). The largest absolute Gasteiger partial charge is 0.340 e. The average molecular weight is 212 g/mol. The summed E-state index contributed by atoms with van der Waals surface area (Å²) in [6.07, 6.45) is 1.72. The topological polar surface area (TPSA) is 42.0 Å². The Kier molecular flexibility index (Phi) is 2.96. The van der Waals surface area contributed by atoms with Gasteiger partial charge in [-0.1, -0.05) is 18.2 Å². The normalized spacial score (nSPS) is 9.81. The second-order valence-electron chi connectivity index (χ2n) is 3.48. The van der Waals surface area contributed by atoms with Crippen LogP contribution in [0.5, 0.6) is 0 Å². The van der Waals surface area contributed by atoms with E-state index in [1.54, 1.807) is 19.2 Å². The Bertz CT molecular complexity index is 494. The fourth-order valence-corrected chi connectivity index (χ4v) is 1.40. The molecule has 1 aromatic carbocycles. The van der Waals surface area contributed by atoms with Crippen LogP contribution < -0.4 is 5.32 Å². The van der Waals surface area contributed by atoms with E-state index in [-0.39, 0.29) is 5.78 Å². The average Bonchev–Trinajstić information content (AvgIpc) is 2.30. The minimum absolute atomic E-state index is 0.0599. The first-order valence-corrected chi connectivity index (χ1v) is 5.05. The van der Waals surface area contributed by atoms with Crippen molar-refractivity contribution in [1.82, 2.24) is 4.98 Å². The summed E-state index contributed by atoms with van der Waals surface area (Å²) in [5.41, 5.74) is 1.56. The molecule has 3 nitrogen and oxygen atoms in total. The number of carbonyl (C=O) groups is 1. The number of hydrogen-bond acceptors (Lipinski definition) is 3. The van der Waals surface area contributed by atoms with Gasteiger partial charge in [0.1, 0.15) is 5.82 Å². The van der Waals surface area contributed by atoms with Crippen molar-refractivity contribution in [1.29, 1.82) is 0 Å². The van der Waals surface area contributed by atoms with Crippen LogP contribution in [0.4, 0.5) is 11.5 Å². The minimum Gasteiger partial charge on any atom is -0.340 e. The molecule has 2 rings (SSSR count). The Morgan fingerprint density at radius 2 is 2.06 bits per heavy atom. The van der Waals surface area contributed by atoms with E-state index in [0.717, 1.165) is 11.5 Å². The Morgan fingerprint density at radius 3 is 2.75 bits per heavy atom. The molecule has 0 atom stereocenters. The van der Waals surface area contributed by atoms with E-state index in [1.165, 1.54) is 0 Å². The van der Waals surface area contributed by atoms with Crippen LogP contribution in [-0.4, -0.2) is 10.8 Å². The smallest absolute Gasteiger partial charge is 0.159 e. The van der Waals surface area contributed by atoms with Gasteiger partial charge in [0.05, 0.1) is 0 Å². The third-order valence-corrected chi connectivity index (χ3v) is 2.21. The van der Waals surface area contributed by atoms with Gasteiger partial charge in [0.25, 0.3) is 0 Å². The van der Waals surface area contributed by atoms with Gasteiger partial charge in [0.15, 0.2) is 5.78 Å². The molecule has 0 fully saturated rings. The van der Waals surface area contributed by atoms with Crippen LogP contribution >= 0.6 is 0 Å². The molecule has 0 aliphatic rings. The van der Waals surface area contributed by atoms with Crippen LogP contribution in [0.25, 0.3) is 0 Å². The summed E-state index contributed by atoms with van der Waals surface area (Å²) in [6, 6.07) is 13.0. The SMILES string of the molecule is CC(=O)c1cccc(Nc2ccccn2)c1. The van der Waals surface area contributed by atoms with Crippen LogP contribution in [0, 0.1) is 0 Å². The third kappa shape index (κ3) is 2.45. The van der Waals surface area contributed by atoms with Crippen molar-refractivity contribution in [2.45, 2.75) is 6.92 Å². The fraction of sp³-hybridized carbons (Fsp3) is 0.0769. The molecule has 3 heteroatoms. The van der Waals surface area contributed by atoms with Crippen LogP contribution in [0.15, 0.2) is 48.7 Å². The van der Waals surface area contributed by atoms with E-state index in [0.29, 0.717) is 5.56 Å². The summed E-state index contributed by atoms with van der Waals surface area (Å²) in [7, 11) is 0. The summed E-state index contributed by atoms with van der Waals surface area (Å²) in [5.74, 6) is 0.827. The van der Waals surface area contributed by atoms with Gasteiger partial charge in [-0.2, -0.15) is 0 Å². The second kappa shape index (κ2) is 4.57. The lowest BCUT2D eigenvalue weighted by Gasteiger charge is -2.05. The van der Waals surface area contributed by atoms with Crippen LogP contribution in [0.2, 0.25) is 0 Å². The predicted octanol–water partition coefficient (Wildman–Crippen LogP) is 3.03. The van der Waals surface area contributed by atoms with Crippen molar-refractivity contribution in [2.75, 3.05) is 5.32 Å². The van der Waals surface area contributed by atoms with Crippen LogP contribution in [-0.2, 0) is 0 Å². The van der Waals surface area contributed by atoms with Gasteiger partial charge in [-0.15, -0.1) is 0 Å². The summed E-state index contributed by atoms with van der Waals surface area (Å²) in [5, 5.41) is 3.14. The molecule has 1 heterocycles. The number of Topliss-reactive ketones (excluding diaryl/α,β-unsaturated/α-hetero) is 1. The zero-order valence-electron chi connectivity index (χ0n) is 8.97. The summed E-state index contributed by atoms with van der Waals surface area (Å²) in [6.45, 7) is 1.56. The summed E-state index contributed by atoms with van der Waals surface area (Å²) >= 11 is 0. The molecule has 0 aliphatic heterocycles. The molecule has 16 heavy (non-hydrogen) atoms. The quantitative estimate of drug-likeness (QED) is 0.795. The van der Waals surface area contributed by atoms with E-state index < -0.39 is 0 Å². The molecule has 0 amide bonds. The highest BCUT2D eigenvalue weighted by molar-refractivity contribution is 5.95. The molecule has 1 N–H and O–H groups in total. The number of rotatable bonds is 3. The zero-order chi connectivity index (χ0) is 11.4. The van der Waals surface area contributed by atoms with Gasteiger partial charge >= 0.3 is 0 Å². The van der Waals surface area contributed by atoms with Crippen molar-refractivity contribution in [3.63, 3.8) is 0 Å². The van der Waals surface area contributed by atoms with Crippen molar-refractivity contribution in [3.8, 4) is 0 Å². The van der Waals surface area contributed by atoms with Crippen LogP contribution in [0.1, 0.15) is 17.3 Å². The number of carbonyl (C=O) groups excluding carboxylic acids is 1. The van der Waals surface area contributed by atoms with E-state index in [4.69, 9.17) is 0 Å². The molecular weight excluding hydrogens is 200 g/mol. The molecule has 0 radical (unpaired) electrons. The van der Waals surface area contributed by atoms with E-state index >= 15 is 0 Å². The van der Waals surface area contributed by atoms with Gasteiger partial charge in [-0.3, -0.25) is 4.79 Å². The van der Waals surface area contributed by atoms with E-state index in [9.17, 15) is 4.79 Å². The van der Waals surface area contributed by atoms with Crippen molar-refractivity contribution in [2.24, 2.45) is 0 Å². The molecule has 0 saturated carbocycles. The highest BCUT2D eigenvalue weighted by atomic mass is 16.1. The first kappa shape index (κ1) is 10.4. The van der Waals surface area contributed by atoms with Gasteiger partial charge in [0, 0.05) is 17.4 Å². The van der Waals surface area contributed by atoms with E-state index in [1.807, 2.05) is 36.4 Å². The Hall–Kier alpha value is -2.16. The van der Waals surface area contributed by atoms with Gasteiger partial charge in [-0.05, 0) is 31.2 Å². The second-order valence-corrected chi connectivity index (χ2v) is 3.48. The number of aromatic nitrogens is 1. The molecular formula is C13H12N2O. The van der Waals surface area contributed by atoms with Crippen molar-refractivity contribution < 1.29 is 4.79 Å². The zero-order valence-corrected chi connectivity index (χ0v) is 8.97. The molecule has 0 aliphatic carbocycles. The molecule has 2 aromatic rings. The van der Waals surface area contributed by atoms with Gasteiger partial charge < -0.3 is 5.32 Å². The number of ketones is 1. The van der Waals surface area contributed by atoms with E-state index in [2.05, 4.69) is 10.3 Å². The molecule has 0 bridgehead atoms. The lowest BCUT2D eigenvalue weighted by molar-refractivity contribution is 0.101. The monoisotopic (exact) mass is 212 g/mol. The molecule has 1 aromatic heterocycles. The maximum atomic E-state index is 11.2. The number of nitrogens with one attached hydrogen (secondary N) is 1. The predicted molar refractivity (Wildman–Crippen MR) is 64.0 cm³/mol. The highest BCUT2D eigenvalue weighted by Gasteiger charge is 2.00. The Morgan fingerprint density at radius 1 is 1.19 bits per heavy atom. The molecule has 0 spiro atoms. The highest BCUT2D eigenvalue weighted by Crippen LogP contribution is 2.15. The number of benzene rings is 1. The first-order chi connectivity index (χ1) is 7.75. The minimum atomic E-state index is 0.0599. The number of hydrogen-bond donors (Lipinski definition) is 1. The van der Waals surface area contributed by atoms with Gasteiger partial charge in [0.2, 0.25) is 0 Å². The molecule has 80 valence electrons. The maximum absolute atomic E-state index is 11.2. The number of nitrogens with zero attached hydrogens (tertiary/aromatic N) is 1. The summed E-state index contributed by atoms with van der Waals surface area (Å²) in [4.78, 5) is 15.4. The fourth-order valence-electron chi connectivity index (χ4n) is 1.40. The van der Waals surface area contributed by atoms with Gasteiger partial charge in [-0.25, -0.2) is 4.98 Å². The lowest BCUT2D eigenvalue weighted by atomic mass is 10.1. The first-order valence-electron chi connectivity index (χ1n) is 5.05. The van der Waals surface area contributed by atoms with Crippen molar-refractivity contribution >= 4 is 17.3 Å². The van der Waals surface area contributed by atoms with Crippen molar-refractivity contribution in [3.05, 3.63) is 54.2 Å². The number of pyridine rings is 1. The molecule has 0 unspecified atom stereocenters. The number of anilines is 2. The summed E-state index contributed by atoms with van der Waals surface area (Å²) < 4.78 is 0. The van der Waals surface area contributed by atoms with Crippen LogP contribution in [0.3, 0.4) is 0 Å². The maximum Gasteiger partial charge on any atom is 0.159 e. The Labute approximate surface area is 94.1 Å². The molecule has 0 saturated heterocycles. The Balaban J connectivity index is 2.22. The third-order valence-electron chi connectivity index (χ3n) is 2.21. The lowest BCUT2D eigenvalue weighted by Crippen LogP contribution is -1.96.